The minimum atomic E-state index is -0.375. The Labute approximate surface area is 236 Å². The number of fused-ring (bicyclic) bond motifs is 5. The first kappa shape index (κ1) is 29.1. The Morgan fingerprint density at radius 1 is 0.974 bits per heavy atom. The van der Waals surface area contributed by atoms with E-state index in [2.05, 4.69) is 57.3 Å². The van der Waals surface area contributed by atoms with Crippen LogP contribution in [0.3, 0.4) is 0 Å². The van der Waals surface area contributed by atoms with Gasteiger partial charge in [-0.15, -0.1) is 0 Å². The van der Waals surface area contributed by atoms with E-state index in [1.54, 1.807) is 0 Å². The highest BCUT2D eigenvalue weighted by Gasteiger charge is 2.65. The Hall–Kier alpha value is -1.43. The molecule has 0 radical (unpaired) electrons. The Morgan fingerprint density at radius 3 is 2.46 bits per heavy atom. The first-order valence-electron chi connectivity index (χ1n) is 15.9. The molecule has 1 aromatic carbocycles. The smallest absolute Gasteiger partial charge is 0.220 e. The molecule has 1 aromatic rings. The Kier molecular flexibility index (Phi) is 8.54. The second kappa shape index (κ2) is 11.4. The zero-order valence-corrected chi connectivity index (χ0v) is 24.7. The monoisotopic (exact) mass is 539 g/mol. The first-order valence-corrected chi connectivity index (χ1v) is 15.9. The van der Waals surface area contributed by atoms with Gasteiger partial charge in [0, 0.05) is 12.5 Å². The van der Waals surface area contributed by atoms with Crippen LogP contribution >= 0.6 is 0 Å². The van der Waals surface area contributed by atoms with Crippen LogP contribution in [0.4, 0.5) is 0 Å². The molecule has 0 heterocycles. The van der Waals surface area contributed by atoms with E-state index in [0.717, 1.165) is 64.2 Å². The van der Waals surface area contributed by atoms with E-state index in [1.807, 2.05) is 6.07 Å². The normalized spacial score (nSPS) is 43.1. The molecule has 5 rings (SSSR count). The van der Waals surface area contributed by atoms with Crippen molar-refractivity contribution in [3.63, 3.8) is 0 Å². The molecule has 0 unspecified atom stereocenters. The third-order valence-electron chi connectivity index (χ3n) is 12.5. The molecule has 4 saturated carbocycles. The van der Waals surface area contributed by atoms with Crippen LogP contribution in [0.25, 0.3) is 0 Å². The maximum Gasteiger partial charge on any atom is 0.220 e. The van der Waals surface area contributed by atoms with E-state index in [4.69, 9.17) is 0 Å². The quantitative estimate of drug-likeness (QED) is 0.351. The van der Waals surface area contributed by atoms with Crippen LogP contribution in [-0.4, -0.2) is 45.6 Å². The minimum Gasteiger partial charge on any atom is -0.393 e. The summed E-state index contributed by atoms with van der Waals surface area (Å²) in [5, 5.41) is 36.8. The van der Waals surface area contributed by atoms with Gasteiger partial charge in [-0.1, -0.05) is 51.1 Å². The molecule has 0 aromatic heterocycles. The summed E-state index contributed by atoms with van der Waals surface area (Å²) < 4.78 is 0. The maximum absolute atomic E-state index is 12.8. The fourth-order valence-electron chi connectivity index (χ4n) is 10.1. The lowest BCUT2D eigenvalue weighted by molar-refractivity contribution is -0.207. The van der Waals surface area contributed by atoms with Crippen LogP contribution in [-0.2, 0) is 11.2 Å². The van der Waals surface area contributed by atoms with Crippen molar-refractivity contribution in [2.45, 2.75) is 123 Å². The zero-order chi connectivity index (χ0) is 27.9. The molecule has 0 saturated heterocycles. The third-order valence-corrected chi connectivity index (χ3v) is 12.5. The van der Waals surface area contributed by atoms with Crippen molar-refractivity contribution >= 4 is 5.91 Å². The summed E-state index contributed by atoms with van der Waals surface area (Å²) in [7, 11) is 0. The second-order valence-corrected chi connectivity index (χ2v) is 14.5. The number of hydrogen-bond donors (Lipinski definition) is 4. The van der Waals surface area contributed by atoms with E-state index in [-0.39, 0.29) is 47.0 Å². The van der Waals surface area contributed by atoms with Crippen molar-refractivity contribution in [2.75, 3.05) is 0 Å². The van der Waals surface area contributed by atoms with Gasteiger partial charge in [-0.25, -0.2) is 0 Å². The van der Waals surface area contributed by atoms with Crippen LogP contribution in [0.5, 0.6) is 0 Å². The van der Waals surface area contributed by atoms with E-state index < -0.39 is 0 Å². The predicted octanol–water partition coefficient (Wildman–Crippen LogP) is 5.50. The van der Waals surface area contributed by atoms with E-state index in [0.29, 0.717) is 36.0 Å². The van der Waals surface area contributed by atoms with Gasteiger partial charge >= 0.3 is 0 Å². The van der Waals surface area contributed by atoms with E-state index in [1.165, 1.54) is 5.56 Å². The highest BCUT2D eigenvalue weighted by molar-refractivity contribution is 5.76. The predicted molar refractivity (Wildman–Crippen MR) is 155 cm³/mol. The van der Waals surface area contributed by atoms with Crippen molar-refractivity contribution in [1.29, 1.82) is 0 Å². The van der Waals surface area contributed by atoms with E-state index in [9.17, 15) is 20.1 Å². The lowest BCUT2D eigenvalue weighted by Crippen LogP contribution is -2.62. The molecular formula is C34H53NO4. The summed E-state index contributed by atoms with van der Waals surface area (Å²) in [5.41, 5.74) is 1.20. The molecule has 0 spiro atoms. The van der Waals surface area contributed by atoms with E-state index >= 15 is 0 Å². The van der Waals surface area contributed by atoms with Crippen molar-refractivity contribution in [2.24, 2.45) is 46.3 Å². The number of carbonyl (C=O) groups is 1. The van der Waals surface area contributed by atoms with Gasteiger partial charge in [0.05, 0.1) is 18.3 Å². The fourth-order valence-corrected chi connectivity index (χ4v) is 10.1. The molecule has 5 heteroatoms. The van der Waals surface area contributed by atoms with Gasteiger partial charge < -0.3 is 20.6 Å². The lowest BCUT2D eigenvalue weighted by Gasteiger charge is -2.63. The zero-order valence-electron chi connectivity index (χ0n) is 24.7. The number of aliphatic hydroxyl groups is 3. The SMILES string of the molecule is C[C@H](CCC(=O)N[C@@H](C)CCc1ccccc1)[C@@H]1CC[C@@H]2[C@@H]3[C@H](O)C[C@H]4C[C@H](O)CC[C@]4(C)[C@@H]3C[C@H](O)[C@@]21C. The Bertz CT molecular complexity index is 985. The standard InChI is InChI=1S/C34H53NO4/c1-21(10-15-31(39)35-22(2)11-12-23-8-6-5-7-9-23)26-13-14-27-32-28(20-30(38)34(26,27)4)33(3)17-16-25(36)18-24(33)19-29(32)37/h5-9,21-22,24-30,32,36-38H,10-20H2,1-4H3,(H,35,39)/t21-,22+,24-,25-,26+,27-,28-,29-,30+,32+,33+,34-/m1/s1. The first-order chi connectivity index (χ1) is 18.5. The third kappa shape index (κ3) is 5.45. The summed E-state index contributed by atoms with van der Waals surface area (Å²) >= 11 is 0. The van der Waals surface area contributed by atoms with Gasteiger partial charge in [-0.3, -0.25) is 4.79 Å². The average Bonchev–Trinajstić information content (AvgIpc) is 3.27. The molecule has 12 atom stereocenters. The Morgan fingerprint density at radius 2 is 1.72 bits per heavy atom. The fraction of sp³-hybridized carbons (Fsp3) is 0.794. The topological polar surface area (TPSA) is 89.8 Å². The van der Waals surface area contributed by atoms with Gasteiger partial charge in [0.1, 0.15) is 0 Å². The second-order valence-electron chi connectivity index (χ2n) is 14.5. The number of hydrogen-bond acceptors (Lipinski definition) is 4. The van der Waals surface area contributed by atoms with Crippen molar-refractivity contribution in [3.8, 4) is 0 Å². The van der Waals surface area contributed by atoms with Crippen LogP contribution in [0.1, 0.15) is 97.5 Å². The summed E-state index contributed by atoms with van der Waals surface area (Å²) in [6, 6.07) is 10.6. The van der Waals surface area contributed by atoms with Gasteiger partial charge in [-0.05, 0) is 123 Å². The highest BCUT2D eigenvalue weighted by Crippen LogP contribution is 2.68. The molecule has 4 N–H and O–H groups in total. The van der Waals surface area contributed by atoms with Crippen molar-refractivity contribution in [3.05, 3.63) is 35.9 Å². The molecule has 218 valence electrons. The number of benzene rings is 1. The lowest BCUT2D eigenvalue weighted by atomic mass is 9.43. The maximum atomic E-state index is 12.8. The molecule has 1 amide bonds. The average molecular weight is 540 g/mol. The molecule has 4 aliphatic carbocycles. The number of aliphatic hydroxyl groups excluding tert-OH is 3. The molecule has 0 bridgehead atoms. The van der Waals surface area contributed by atoms with Gasteiger partial charge in [0.25, 0.3) is 0 Å². The number of carbonyl (C=O) groups excluding carboxylic acids is 1. The van der Waals surface area contributed by atoms with Crippen LogP contribution in [0.15, 0.2) is 30.3 Å². The molecule has 4 fully saturated rings. The van der Waals surface area contributed by atoms with Crippen molar-refractivity contribution in [1.82, 2.24) is 5.32 Å². The van der Waals surface area contributed by atoms with Gasteiger partial charge in [-0.2, -0.15) is 0 Å². The van der Waals surface area contributed by atoms with Crippen LogP contribution < -0.4 is 5.32 Å². The van der Waals surface area contributed by atoms with Crippen LogP contribution in [0.2, 0.25) is 0 Å². The van der Waals surface area contributed by atoms with Gasteiger partial charge in [0.15, 0.2) is 0 Å². The largest absolute Gasteiger partial charge is 0.393 e. The minimum absolute atomic E-state index is 0.102. The van der Waals surface area contributed by atoms with Crippen molar-refractivity contribution < 1.29 is 20.1 Å². The summed E-state index contributed by atoms with van der Waals surface area (Å²) in [5.74, 6) is 2.08. The summed E-state index contributed by atoms with van der Waals surface area (Å²) in [6.45, 7) is 9.05. The molecule has 0 aliphatic heterocycles. The number of aryl methyl sites for hydroxylation is 1. The summed E-state index contributed by atoms with van der Waals surface area (Å²) in [4.78, 5) is 12.8. The number of amides is 1. The molecule has 5 nitrogen and oxygen atoms in total. The molecular weight excluding hydrogens is 486 g/mol. The highest BCUT2D eigenvalue weighted by atomic mass is 16.3. The molecule has 4 aliphatic rings. The van der Waals surface area contributed by atoms with Gasteiger partial charge in [0.2, 0.25) is 5.91 Å². The summed E-state index contributed by atoms with van der Waals surface area (Å²) in [6.07, 6.45) is 8.64. The molecule has 39 heavy (non-hydrogen) atoms. The number of rotatable bonds is 8. The number of nitrogens with one attached hydrogen (secondary N) is 1. The van der Waals surface area contributed by atoms with Crippen LogP contribution in [0, 0.1) is 46.3 Å². The Balaban J connectivity index is 1.19.